The van der Waals surface area contributed by atoms with Gasteiger partial charge in [-0.25, -0.2) is 0 Å². The Balaban J connectivity index is 2.39. The molecule has 0 saturated heterocycles. The van der Waals surface area contributed by atoms with Crippen LogP contribution in [0.4, 0.5) is 0 Å². The molecule has 0 aliphatic carbocycles. The lowest BCUT2D eigenvalue weighted by molar-refractivity contribution is -0.171. The third-order valence-electron chi connectivity index (χ3n) is 2.93. The zero-order valence-corrected chi connectivity index (χ0v) is 10.6. The lowest BCUT2D eigenvalue weighted by Gasteiger charge is -2.16. The van der Waals surface area contributed by atoms with Crippen molar-refractivity contribution >= 4 is 33.9 Å². The number of benzene rings is 1. The van der Waals surface area contributed by atoms with Crippen LogP contribution in [0.15, 0.2) is 24.0 Å². The van der Waals surface area contributed by atoms with Crippen molar-refractivity contribution in [3.8, 4) is 5.88 Å². The summed E-state index contributed by atoms with van der Waals surface area (Å²) >= 11 is 5.99. The van der Waals surface area contributed by atoms with Gasteiger partial charge in [-0.05, 0) is 32.0 Å². The molecule has 4 nitrogen and oxygen atoms in total. The van der Waals surface area contributed by atoms with Crippen molar-refractivity contribution in [2.24, 2.45) is 0 Å². The van der Waals surface area contributed by atoms with Gasteiger partial charge in [-0.15, -0.1) is 0 Å². The van der Waals surface area contributed by atoms with Crippen molar-refractivity contribution in [3.05, 3.63) is 34.5 Å². The maximum Gasteiger partial charge on any atom is 0.257 e. The van der Waals surface area contributed by atoms with Crippen LogP contribution in [0, 0.1) is 0 Å². The van der Waals surface area contributed by atoms with Gasteiger partial charge >= 0.3 is 0 Å². The van der Waals surface area contributed by atoms with Crippen molar-refractivity contribution in [1.29, 1.82) is 0 Å². The van der Waals surface area contributed by atoms with E-state index in [-0.39, 0.29) is 5.78 Å². The van der Waals surface area contributed by atoms with E-state index in [9.17, 15) is 4.79 Å². The van der Waals surface area contributed by atoms with Crippen LogP contribution in [-0.4, -0.2) is 10.8 Å². The molecule has 2 heterocycles. The molecule has 5 heteroatoms. The summed E-state index contributed by atoms with van der Waals surface area (Å²) in [6.07, 6.45) is 0. The molecule has 1 aromatic carbocycles. The Morgan fingerprint density at radius 3 is 2.83 bits per heavy atom. The number of carbonyl (C=O) groups excluding carboxylic acids is 1. The Morgan fingerprint density at radius 2 is 2.11 bits per heavy atom. The smallest absolute Gasteiger partial charge is 0.257 e. The minimum Gasteiger partial charge on any atom is -0.321 e. The maximum atomic E-state index is 11.8. The van der Waals surface area contributed by atoms with Crippen molar-refractivity contribution in [2.45, 2.75) is 13.8 Å². The Morgan fingerprint density at radius 1 is 1.33 bits per heavy atom. The number of hydrogen-bond acceptors (Lipinski definition) is 3. The summed E-state index contributed by atoms with van der Waals surface area (Å²) in [6, 6.07) is 5.42. The van der Waals surface area contributed by atoms with Crippen LogP contribution in [0.25, 0.3) is 16.5 Å². The topological polar surface area (TPSA) is 51.3 Å². The first-order valence-electron chi connectivity index (χ1n) is 5.46. The first-order chi connectivity index (χ1) is 8.58. The number of rotatable bonds is 1. The van der Waals surface area contributed by atoms with Crippen LogP contribution >= 0.6 is 11.6 Å². The van der Waals surface area contributed by atoms with E-state index in [0.29, 0.717) is 27.8 Å². The van der Waals surface area contributed by atoms with Gasteiger partial charge in [-0.1, -0.05) is 11.6 Å². The fourth-order valence-electron chi connectivity index (χ4n) is 2.20. The molecule has 0 saturated carbocycles. The van der Waals surface area contributed by atoms with Gasteiger partial charge in [0, 0.05) is 15.9 Å². The largest absolute Gasteiger partial charge is 0.321 e. The van der Waals surface area contributed by atoms with Gasteiger partial charge in [0.1, 0.15) is 0 Å². The molecule has 0 fully saturated rings. The molecule has 1 aliphatic rings. The summed E-state index contributed by atoms with van der Waals surface area (Å²) in [5.41, 5.74) is 2.08. The monoisotopic (exact) mass is 263 g/mol. The number of carbonyl (C=O) groups is 1. The lowest BCUT2D eigenvalue weighted by atomic mass is 10.00. The van der Waals surface area contributed by atoms with Gasteiger partial charge in [-0.3, -0.25) is 14.6 Å². The zero-order valence-electron chi connectivity index (χ0n) is 9.83. The van der Waals surface area contributed by atoms with E-state index in [1.807, 2.05) is 6.07 Å². The number of allylic oxidation sites excluding steroid dienone is 2. The van der Waals surface area contributed by atoms with Gasteiger partial charge < -0.3 is 4.98 Å². The molecule has 2 aromatic rings. The van der Waals surface area contributed by atoms with Crippen LogP contribution < -0.4 is 4.89 Å². The van der Waals surface area contributed by atoms with E-state index in [1.165, 1.54) is 6.92 Å². The molecule has 3 rings (SSSR count). The molecule has 0 spiro atoms. The summed E-state index contributed by atoms with van der Waals surface area (Å²) < 4.78 is 0. The van der Waals surface area contributed by atoms with Gasteiger partial charge in [0.2, 0.25) is 0 Å². The molecule has 18 heavy (non-hydrogen) atoms. The average Bonchev–Trinajstić information content (AvgIpc) is 2.66. The van der Waals surface area contributed by atoms with Crippen molar-refractivity contribution in [3.63, 3.8) is 0 Å². The molecule has 0 radical (unpaired) electrons. The highest BCUT2D eigenvalue weighted by atomic mass is 35.5. The fraction of sp³-hybridized carbons (Fsp3) is 0.154. The van der Waals surface area contributed by atoms with E-state index < -0.39 is 0 Å². The van der Waals surface area contributed by atoms with E-state index in [1.54, 1.807) is 19.1 Å². The normalized spacial score (nSPS) is 14.2. The molecule has 0 bridgehead atoms. The molecule has 0 atom stereocenters. The molecule has 1 aliphatic heterocycles. The second-order valence-electron chi connectivity index (χ2n) is 4.17. The second-order valence-corrected chi connectivity index (χ2v) is 4.61. The SMILES string of the molecule is CC(=O)C1=C(C)OOc2[nH]c3ccc(Cl)cc3c21. The lowest BCUT2D eigenvalue weighted by Crippen LogP contribution is -2.10. The number of hydrogen-bond donors (Lipinski definition) is 1. The van der Waals surface area contributed by atoms with Crippen molar-refractivity contribution in [1.82, 2.24) is 4.98 Å². The number of halogens is 1. The Bertz CT molecular complexity index is 700. The van der Waals surface area contributed by atoms with Crippen LogP contribution in [0.2, 0.25) is 5.02 Å². The standard InChI is InChI=1S/C13H10ClNO3/c1-6(16)11-7(2)17-18-13-12(11)9-5-8(14)3-4-10(9)15-13/h3-5,15H,1-2H3. The summed E-state index contributed by atoms with van der Waals surface area (Å²) in [5, 5.41) is 1.46. The average molecular weight is 264 g/mol. The van der Waals surface area contributed by atoms with Crippen molar-refractivity contribution in [2.75, 3.05) is 0 Å². The zero-order chi connectivity index (χ0) is 12.9. The van der Waals surface area contributed by atoms with Gasteiger partial charge in [-0.2, -0.15) is 0 Å². The molecule has 1 N–H and O–H groups in total. The fourth-order valence-corrected chi connectivity index (χ4v) is 2.37. The summed E-state index contributed by atoms with van der Waals surface area (Å²) in [6.45, 7) is 3.20. The highest BCUT2D eigenvalue weighted by molar-refractivity contribution is 6.32. The number of nitrogens with one attached hydrogen (secondary N) is 1. The number of aromatic nitrogens is 1. The van der Waals surface area contributed by atoms with Crippen molar-refractivity contribution < 1.29 is 14.6 Å². The molecular weight excluding hydrogens is 254 g/mol. The number of ketones is 1. The quantitative estimate of drug-likeness (QED) is 0.802. The first kappa shape index (κ1) is 11.2. The Hall–Kier alpha value is -1.94. The minimum absolute atomic E-state index is 0.0714. The first-order valence-corrected chi connectivity index (χ1v) is 5.83. The predicted octanol–water partition coefficient (Wildman–Crippen LogP) is 3.47. The van der Waals surface area contributed by atoms with Gasteiger partial charge in [0.05, 0.1) is 11.1 Å². The third kappa shape index (κ3) is 1.49. The summed E-state index contributed by atoms with van der Waals surface area (Å²) in [7, 11) is 0. The van der Waals surface area contributed by atoms with Crippen LogP contribution in [0.5, 0.6) is 5.88 Å². The molecular formula is C13H10ClNO3. The maximum absolute atomic E-state index is 11.8. The van der Waals surface area contributed by atoms with Crippen LogP contribution in [0.1, 0.15) is 19.4 Å². The Labute approximate surface area is 108 Å². The van der Waals surface area contributed by atoms with Crippen LogP contribution in [0.3, 0.4) is 0 Å². The molecule has 92 valence electrons. The summed E-state index contributed by atoms with van der Waals surface area (Å²) in [4.78, 5) is 25.0. The second kappa shape index (κ2) is 3.78. The molecule has 0 unspecified atom stereocenters. The van der Waals surface area contributed by atoms with E-state index in [2.05, 4.69) is 4.98 Å². The number of H-pyrrole nitrogens is 1. The van der Waals surface area contributed by atoms with Gasteiger partial charge in [0.15, 0.2) is 11.5 Å². The number of aromatic amines is 1. The molecule has 0 amide bonds. The minimum atomic E-state index is -0.0714. The van der Waals surface area contributed by atoms with Gasteiger partial charge in [0.25, 0.3) is 5.88 Å². The highest BCUT2D eigenvalue weighted by Crippen LogP contribution is 2.40. The van der Waals surface area contributed by atoms with E-state index >= 15 is 0 Å². The number of Topliss-reactive ketones (excluding diaryl/α,β-unsaturated/α-hetero) is 1. The number of fused-ring (bicyclic) bond motifs is 3. The van der Waals surface area contributed by atoms with E-state index in [4.69, 9.17) is 21.4 Å². The van der Waals surface area contributed by atoms with Crippen LogP contribution in [-0.2, 0) is 9.68 Å². The predicted molar refractivity (Wildman–Crippen MR) is 68.3 cm³/mol. The van der Waals surface area contributed by atoms with E-state index in [0.717, 1.165) is 10.9 Å². The Kier molecular flexibility index (Phi) is 2.35. The summed E-state index contributed by atoms with van der Waals surface area (Å²) in [5.74, 6) is 0.817. The third-order valence-corrected chi connectivity index (χ3v) is 3.17. The molecule has 1 aromatic heterocycles. The highest BCUT2D eigenvalue weighted by Gasteiger charge is 2.27.